The van der Waals surface area contributed by atoms with Crippen LogP contribution in [0, 0.1) is 17.8 Å². The van der Waals surface area contributed by atoms with Crippen LogP contribution in [0.15, 0.2) is 0 Å². The Labute approximate surface area is 104 Å². The molecule has 0 radical (unpaired) electrons. The fourth-order valence-corrected chi connectivity index (χ4v) is 4.15. The van der Waals surface area contributed by atoms with Crippen LogP contribution in [0.1, 0.15) is 52.4 Å². The minimum absolute atomic E-state index is 0.503. The van der Waals surface area contributed by atoms with Gasteiger partial charge in [-0.25, -0.2) is 0 Å². The molecule has 0 N–H and O–H groups in total. The van der Waals surface area contributed by atoms with E-state index in [0.717, 1.165) is 29.9 Å². The highest BCUT2D eigenvalue weighted by Crippen LogP contribution is 2.49. The molecule has 1 nitrogen and oxygen atoms in total. The van der Waals surface area contributed by atoms with E-state index in [9.17, 15) is 4.79 Å². The Kier molecular flexibility index (Phi) is 4.34. The first-order chi connectivity index (χ1) is 7.69. The van der Waals surface area contributed by atoms with E-state index in [1.807, 2.05) is 11.8 Å². The predicted molar refractivity (Wildman–Crippen MR) is 70.8 cm³/mol. The molecule has 0 saturated heterocycles. The number of hydrogen-bond donors (Lipinski definition) is 0. The maximum Gasteiger partial charge on any atom is 0.143 e. The number of carbonyl (C=O) groups excluding carboxylic acids is 1. The molecule has 2 heteroatoms. The van der Waals surface area contributed by atoms with Gasteiger partial charge in [-0.2, -0.15) is 11.8 Å². The molecule has 2 bridgehead atoms. The second-order valence-corrected chi connectivity index (χ2v) is 7.13. The van der Waals surface area contributed by atoms with E-state index in [1.54, 1.807) is 0 Å². The summed E-state index contributed by atoms with van der Waals surface area (Å²) in [4.78, 5) is 11.9. The summed E-state index contributed by atoms with van der Waals surface area (Å²) in [7, 11) is 0. The van der Waals surface area contributed by atoms with E-state index in [1.165, 1.54) is 32.1 Å². The fourth-order valence-electron chi connectivity index (χ4n) is 3.33. The molecule has 0 amide bonds. The first-order valence-electron chi connectivity index (χ1n) is 6.82. The first-order valence-corrected chi connectivity index (χ1v) is 7.87. The number of ketones is 1. The lowest BCUT2D eigenvalue weighted by atomic mass is 9.85. The molecule has 2 fully saturated rings. The molecule has 4 unspecified atom stereocenters. The van der Waals surface area contributed by atoms with E-state index >= 15 is 0 Å². The Hall–Kier alpha value is 0.0200. The van der Waals surface area contributed by atoms with Gasteiger partial charge in [0.1, 0.15) is 5.78 Å². The number of carbonyl (C=O) groups is 1. The Morgan fingerprint density at radius 3 is 2.75 bits per heavy atom. The van der Waals surface area contributed by atoms with Gasteiger partial charge in [-0.05, 0) is 43.4 Å². The van der Waals surface area contributed by atoms with Crippen LogP contribution >= 0.6 is 11.8 Å². The summed E-state index contributed by atoms with van der Waals surface area (Å²) in [5.41, 5.74) is 0. The number of fused-ring (bicyclic) bond motifs is 2. The van der Waals surface area contributed by atoms with Gasteiger partial charge in [0, 0.05) is 11.7 Å². The van der Waals surface area contributed by atoms with Crippen molar-refractivity contribution in [1.82, 2.24) is 0 Å². The fraction of sp³-hybridized carbons (Fsp3) is 0.929. The zero-order valence-electron chi connectivity index (χ0n) is 10.6. The summed E-state index contributed by atoms with van der Waals surface area (Å²) in [6.45, 7) is 4.41. The van der Waals surface area contributed by atoms with E-state index in [-0.39, 0.29) is 0 Å². The lowest BCUT2D eigenvalue weighted by Gasteiger charge is -2.20. The van der Waals surface area contributed by atoms with Crippen molar-refractivity contribution >= 4 is 17.5 Å². The van der Waals surface area contributed by atoms with Crippen LogP contribution in [-0.2, 0) is 4.79 Å². The van der Waals surface area contributed by atoms with Crippen molar-refractivity contribution in [3.63, 3.8) is 0 Å². The Morgan fingerprint density at radius 1 is 1.38 bits per heavy atom. The average Bonchev–Trinajstić information content (AvgIpc) is 2.87. The zero-order chi connectivity index (χ0) is 11.5. The molecular formula is C14H24OS. The normalized spacial score (nSPS) is 34.2. The third-order valence-corrected chi connectivity index (χ3v) is 5.87. The molecule has 2 saturated carbocycles. The van der Waals surface area contributed by atoms with Gasteiger partial charge in [0.05, 0.1) is 5.75 Å². The van der Waals surface area contributed by atoms with Gasteiger partial charge < -0.3 is 0 Å². The summed E-state index contributed by atoms with van der Waals surface area (Å²) < 4.78 is 0. The summed E-state index contributed by atoms with van der Waals surface area (Å²) in [6, 6.07) is 0. The third-order valence-electron chi connectivity index (χ3n) is 4.48. The average molecular weight is 240 g/mol. The van der Waals surface area contributed by atoms with Crippen LogP contribution in [0.25, 0.3) is 0 Å². The largest absolute Gasteiger partial charge is 0.299 e. The van der Waals surface area contributed by atoms with E-state index in [2.05, 4.69) is 13.8 Å². The van der Waals surface area contributed by atoms with E-state index < -0.39 is 0 Å². The standard InChI is InChI=1S/C14H24OS/c1-3-10(2)16-9-14(15)8-13-7-11-4-5-12(13)6-11/h10-13H,3-9H2,1-2H3. The second kappa shape index (κ2) is 5.57. The maximum atomic E-state index is 11.9. The van der Waals surface area contributed by atoms with Gasteiger partial charge in [0.15, 0.2) is 0 Å². The number of Topliss-reactive ketones (excluding diaryl/α,β-unsaturated/α-hetero) is 1. The monoisotopic (exact) mass is 240 g/mol. The van der Waals surface area contributed by atoms with Crippen LogP contribution in [-0.4, -0.2) is 16.8 Å². The van der Waals surface area contributed by atoms with Gasteiger partial charge in [0.2, 0.25) is 0 Å². The summed E-state index contributed by atoms with van der Waals surface area (Å²) in [5.74, 6) is 3.89. The molecule has 0 heterocycles. The van der Waals surface area contributed by atoms with E-state index in [4.69, 9.17) is 0 Å². The molecule has 0 aromatic heterocycles. The Morgan fingerprint density at radius 2 is 2.19 bits per heavy atom. The quantitative estimate of drug-likeness (QED) is 0.700. The number of hydrogen-bond acceptors (Lipinski definition) is 2. The SMILES string of the molecule is CCC(C)SCC(=O)CC1CC2CCC1C2. The summed E-state index contributed by atoms with van der Waals surface area (Å²) in [5, 5.41) is 0.643. The molecule has 0 aliphatic heterocycles. The summed E-state index contributed by atoms with van der Waals surface area (Å²) in [6.07, 6.45) is 7.68. The lowest BCUT2D eigenvalue weighted by Crippen LogP contribution is -2.17. The summed E-state index contributed by atoms with van der Waals surface area (Å²) >= 11 is 1.84. The first kappa shape index (κ1) is 12.5. The highest BCUT2D eigenvalue weighted by atomic mass is 32.2. The zero-order valence-corrected chi connectivity index (χ0v) is 11.4. The Bertz CT molecular complexity index is 251. The minimum atomic E-state index is 0.503. The number of rotatable bonds is 6. The molecule has 2 aliphatic rings. The van der Waals surface area contributed by atoms with Crippen molar-refractivity contribution < 1.29 is 4.79 Å². The van der Waals surface area contributed by atoms with Crippen molar-refractivity contribution in [2.75, 3.05) is 5.75 Å². The van der Waals surface area contributed by atoms with Crippen LogP contribution in [0.2, 0.25) is 0 Å². The van der Waals surface area contributed by atoms with Crippen molar-refractivity contribution in [1.29, 1.82) is 0 Å². The highest BCUT2D eigenvalue weighted by molar-refractivity contribution is 8.00. The van der Waals surface area contributed by atoms with Crippen molar-refractivity contribution in [2.45, 2.75) is 57.6 Å². The molecule has 0 aromatic carbocycles. The Balaban J connectivity index is 1.67. The molecule has 0 aromatic rings. The van der Waals surface area contributed by atoms with Crippen LogP contribution in [0.4, 0.5) is 0 Å². The highest BCUT2D eigenvalue weighted by Gasteiger charge is 2.39. The third kappa shape index (κ3) is 3.03. The van der Waals surface area contributed by atoms with Crippen LogP contribution in [0.3, 0.4) is 0 Å². The van der Waals surface area contributed by atoms with Crippen LogP contribution < -0.4 is 0 Å². The molecule has 4 atom stereocenters. The van der Waals surface area contributed by atoms with Gasteiger partial charge in [0.25, 0.3) is 0 Å². The predicted octanol–water partition coefficient (Wildman–Crippen LogP) is 3.91. The van der Waals surface area contributed by atoms with E-state index in [0.29, 0.717) is 11.0 Å². The minimum Gasteiger partial charge on any atom is -0.299 e. The molecule has 0 spiro atoms. The van der Waals surface area contributed by atoms with Crippen molar-refractivity contribution in [2.24, 2.45) is 17.8 Å². The number of thioether (sulfide) groups is 1. The van der Waals surface area contributed by atoms with Crippen molar-refractivity contribution in [3.05, 3.63) is 0 Å². The van der Waals surface area contributed by atoms with Gasteiger partial charge in [-0.3, -0.25) is 4.79 Å². The van der Waals surface area contributed by atoms with Gasteiger partial charge in [-0.1, -0.05) is 20.3 Å². The maximum absolute atomic E-state index is 11.9. The molecule has 92 valence electrons. The lowest BCUT2D eigenvalue weighted by molar-refractivity contribution is -0.117. The van der Waals surface area contributed by atoms with Gasteiger partial charge >= 0.3 is 0 Å². The smallest absolute Gasteiger partial charge is 0.143 e. The molecule has 2 rings (SSSR count). The topological polar surface area (TPSA) is 17.1 Å². The molecule has 2 aliphatic carbocycles. The second-order valence-electron chi connectivity index (χ2n) is 5.71. The molecule has 16 heavy (non-hydrogen) atoms. The molecular weight excluding hydrogens is 216 g/mol. The van der Waals surface area contributed by atoms with Gasteiger partial charge in [-0.15, -0.1) is 0 Å². The van der Waals surface area contributed by atoms with Crippen LogP contribution in [0.5, 0.6) is 0 Å². The van der Waals surface area contributed by atoms with Crippen molar-refractivity contribution in [3.8, 4) is 0 Å².